The maximum absolute atomic E-state index is 12.1. The summed E-state index contributed by atoms with van der Waals surface area (Å²) >= 11 is 1.43. The molecule has 1 aliphatic heterocycles. The van der Waals surface area contributed by atoms with Gasteiger partial charge in [0.15, 0.2) is 5.17 Å². The fourth-order valence-corrected chi connectivity index (χ4v) is 3.26. The molecule has 0 spiro atoms. The van der Waals surface area contributed by atoms with Gasteiger partial charge in [-0.3, -0.25) is 4.79 Å². The molecule has 1 fully saturated rings. The lowest BCUT2D eigenvalue weighted by atomic mass is 10.0. The Bertz CT molecular complexity index is 756. The summed E-state index contributed by atoms with van der Waals surface area (Å²) in [6.45, 7) is 2.06. The molecule has 3 rings (SSSR count). The lowest BCUT2D eigenvalue weighted by Crippen LogP contribution is -2.26. The predicted octanol–water partition coefficient (Wildman–Crippen LogP) is 3.16. The Balaban J connectivity index is 1.64. The van der Waals surface area contributed by atoms with Crippen LogP contribution in [-0.2, 0) is 11.2 Å². The number of thioether (sulfide) groups is 1. The van der Waals surface area contributed by atoms with Gasteiger partial charge in [0.1, 0.15) is 0 Å². The van der Waals surface area contributed by atoms with Gasteiger partial charge in [0.2, 0.25) is 5.91 Å². The zero-order valence-electron chi connectivity index (χ0n) is 12.8. The zero-order valence-corrected chi connectivity index (χ0v) is 13.6. The van der Waals surface area contributed by atoms with Crippen LogP contribution in [0.25, 0.3) is 0 Å². The van der Waals surface area contributed by atoms with Crippen LogP contribution < -0.4 is 5.32 Å². The third-order valence-corrected chi connectivity index (χ3v) is 4.67. The van der Waals surface area contributed by atoms with E-state index in [1.807, 2.05) is 42.5 Å². The van der Waals surface area contributed by atoms with Crippen LogP contribution >= 0.6 is 11.8 Å². The summed E-state index contributed by atoms with van der Waals surface area (Å²) in [6, 6.07) is 17.9. The third-order valence-electron chi connectivity index (χ3n) is 3.60. The molecule has 5 heteroatoms. The molecule has 23 heavy (non-hydrogen) atoms. The van der Waals surface area contributed by atoms with Crippen LogP contribution in [-0.4, -0.2) is 22.5 Å². The van der Waals surface area contributed by atoms with E-state index in [2.05, 4.69) is 34.6 Å². The van der Waals surface area contributed by atoms with Crippen molar-refractivity contribution < 1.29 is 4.79 Å². The van der Waals surface area contributed by atoms with E-state index in [4.69, 9.17) is 0 Å². The molecule has 4 nitrogen and oxygen atoms in total. The monoisotopic (exact) mass is 323 g/mol. The average Bonchev–Trinajstić information content (AvgIpc) is 2.90. The summed E-state index contributed by atoms with van der Waals surface area (Å²) in [5.74, 6) is -0.00749. The number of amides is 1. The van der Waals surface area contributed by atoms with E-state index in [-0.39, 0.29) is 11.2 Å². The van der Waals surface area contributed by atoms with Gasteiger partial charge < -0.3 is 5.32 Å². The second-order valence-electron chi connectivity index (χ2n) is 5.29. The van der Waals surface area contributed by atoms with Crippen molar-refractivity contribution in [2.45, 2.75) is 18.6 Å². The normalized spacial score (nSPS) is 19.4. The van der Waals surface area contributed by atoms with E-state index in [9.17, 15) is 4.79 Å². The van der Waals surface area contributed by atoms with Crippen molar-refractivity contribution >= 4 is 29.1 Å². The molecule has 0 saturated carbocycles. The van der Waals surface area contributed by atoms with E-state index in [0.717, 1.165) is 5.56 Å². The highest BCUT2D eigenvalue weighted by molar-refractivity contribution is 8.15. The molecule has 1 atom stereocenters. The first-order valence-electron chi connectivity index (χ1n) is 7.40. The number of amidine groups is 1. The van der Waals surface area contributed by atoms with E-state index in [1.165, 1.54) is 22.9 Å². The number of rotatable bonds is 4. The highest BCUT2D eigenvalue weighted by Gasteiger charge is 2.30. The summed E-state index contributed by atoms with van der Waals surface area (Å²) in [7, 11) is 0. The molecule has 1 N–H and O–H groups in total. The number of carbonyl (C=O) groups excluding carboxylic acids is 1. The largest absolute Gasteiger partial charge is 0.303 e. The van der Waals surface area contributed by atoms with Crippen LogP contribution in [0.5, 0.6) is 0 Å². The van der Waals surface area contributed by atoms with E-state index >= 15 is 0 Å². The highest BCUT2D eigenvalue weighted by atomic mass is 32.2. The second-order valence-corrected chi connectivity index (χ2v) is 6.48. The van der Waals surface area contributed by atoms with E-state index < -0.39 is 0 Å². The van der Waals surface area contributed by atoms with Gasteiger partial charge in [0, 0.05) is 0 Å². The molecule has 1 heterocycles. The number of hydrogen-bond donors (Lipinski definition) is 1. The Morgan fingerprint density at radius 1 is 1.13 bits per heavy atom. The third kappa shape index (κ3) is 4.07. The molecule has 1 amide bonds. The molecule has 0 unspecified atom stereocenters. The number of hydrogen-bond acceptors (Lipinski definition) is 4. The molecule has 116 valence electrons. The van der Waals surface area contributed by atoms with Crippen LogP contribution in [0.15, 0.2) is 64.8 Å². The molecule has 1 aliphatic rings. The highest BCUT2D eigenvalue weighted by Crippen LogP contribution is 2.24. The lowest BCUT2D eigenvalue weighted by molar-refractivity contribution is -0.118. The van der Waals surface area contributed by atoms with Gasteiger partial charge in [0.05, 0.1) is 11.5 Å². The SMILES string of the molecule is Cc1ccccc1C[C@H]1S/C(=N\N=C/c2ccccc2)NC1=O. The molecule has 0 radical (unpaired) electrons. The number of benzene rings is 2. The first-order chi connectivity index (χ1) is 11.2. The number of carbonyl (C=O) groups is 1. The lowest BCUT2D eigenvalue weighted by Gasteiger charge is -2.07. The standard InChI is InChI=1S/C18H17N3OS/c1-13-7-5-6-10-15(13)11-16-17(22)20-18(23-16)21-19-12-14-8-3-2-4-9-14/h2-10,12,16H,11H2,1H3,(H,20,21,22)/b19-12-/t16-/m1/s1. The molecule has 0 aliphatic carbocycles. The van der Waals surface area contributed by atoms with Crippen molar-refractivity contribution in [1.82, 2.24) is 5.32 Å². The summed E-state index contributed by atoms with van der Waals surface area (Å²) in [6.07, 6.45) is 2.37. The van der Waals surface area contributed by atoms with Gasteiger partial charge in [-0.2, -0.15) is 5.10 Å². The smallest absolute Gasteiger partial charge is 0.239 e. The predicted molar refractivity (Wildman–Crippen MR) is 95.9 cm³/mol. The quantitative estimate of drug-likeness (QED) is 0.694. The maximum atomic E-state index is 12.1. The molecular weight excluding hydrogens is 306 g/mol. The molecule has 2 aromatic carbocycles. The van der Waals surface area contributed by atoms with Crippen molar-refractivity contribution in [3.05, 3.63) is 71.3 Å². The van der Waals surface area contributed by atoms with Gasteiger partial charge in [0.25, 0.3) is 0 Å². The number of nitrogens with zero attached hydrogens (tertiary/aromatic N) is 2. The van der Waals surface area contributed by atoms with Gasteiger partial charge in [-0.25, -0.2) is 0 Å². The minimum atomic E-state index is -0.151. The molecule has 1 saturated heterocycles. The first kappa shape index (κ1) is 15.5. The molecule has 0 aromatic heterocycles. The van der Waals surface area contributed by atoms with Crippen LogP contribution in [0.2, 0.25) is 0 Å². The van der Waals surface area contributed by atoms with Crippen LogP contribution in [0.4, 0.5) is 0 Å². The van der Waals surface area contributed by atoms with Crippen molar-refractivity contribution in [2.24, 2.45) is 10.2 Å². The molecular formula is C18H17N3OS. The maximum Gasteiger partial charge on any atom is 0.239 e. The van der Waals surface area contributed by atoms with Crippen molar-refractivity contribution in [3.8, 4) is 0 Å². The Morgan fingerprint density at radius 3 is 2.65 bits per heavy atom. The summed E-state index contributed by atoms with van der Waals surface area (Å²) in [5.41, 5.74) is 3.37. The Morgan fingerprint density at radius 2 is 1.87 bits per heavy atom. The number of aryl methyl sites for hydroxylation is 1. The Kier molecular flexibility index (Phi) is 4.88. The van der Waals surface area contributed by atoms with Gasteiger partial charge in [-0.1, -0.05) is 66.4 Å². The van der Waals surface area contributed by atoms with Gasteiger partial charge in [-0.15, -0.1) is 5.10 Å². The minimum Gasteiger partial charge on any atom is -0.303 e. The van der Waals surface area contributed by atoms with Crippen LogP contribution in [0.3, 0.4) is 0 Å². The Labute approximate surface area is 139 Å². The number of nitrogens with one attached hydrogen (secondary N) is 1. The van der Waals surface area contributed by atoms with Crippen molar-refractivity contribution in [3.63, 3.8) is 0 Å². The topological polar surface area (TPSA) is 53.8 Å². The minimum absolute atomic E-state index is 0.00749. The average molecular weight is 323 g/mol. The van der Waals surface area contributed by atoms with Gasteiger partial charge in [-0.05, 0) is 30.0 Å². The summed E-state index contributed by atoms with van der Waals surface area (Å²) in [4.78, 5) is 12.1. The zero-order chi connectivity index (χ0) is 16.1. The van der Waals surface area contributed by atoms with Crippen LogP contribution in [0.1, 0.15) is 16.7 Å². The first-order valence-corrected chi connectivity index (χ1v) is 8.28. The second kappa shape index (κ2) is 7.24. The summed E-state index contributed by atoms with van der Waals surface area (Å²) < 4.78 is 0. The van der Waals surface area contributed by atoms with Gasteiger partial charge >= 0.3 is 0 Å². The Hall–Kier alpha value is -2.40. The van der Waals surface area contributed by atoms with Crippen molar-refractivity contribution in [1.29, 1.82) is 0 Å². The molecule has 0 bridgehead atoms. The molecule has 2 aromatic rings. The van der Waals surface area contributed by atoms with E-state index in [0.29, 0.717) is 11.6 Å². The van der Waals surface area contributed by atoms with Crippen LogP contribution in [0, 0.1) is 6.92 Å². The summed E-state index contributed by atoms with van der Waals surface area (Å²) in [5, 5.41) is 11.3. The van der Waals surface area contributed by atoms with Crippen molar-refractivity contribution in [2.75, 3.05) is 0 Å². The fraction of sp³-hybridized carbons (Fsp3) is 0.167. The fourth-order valence-electron chi connectivity index (χ4n) is 2.31. The van der Waals surface area contributed by atoms with E-state index in [1.54, 1.807) is 6.21 Å².